The van der Waals surface area contributed by atoms with Crippen molar-refractivity contribution in [1.29, 1.82) is 0 Å². The Morgan fingerprint density at radius 2 is 2.17 bits per heavy atom. The summed E-state index contributed by atoms with van der Waals surface area (Å²) in [4.78, 5) is 9.16. The third kappa shape index (κ3) is 5.99. The van der Waals surface area contributed by atoms with Gasteiger partial charge in [-0.1, -0.05) is 6.07 Å². The Morgan fingerprint density at radius 3 is 2.79 bits per heavy atom. The van der Waals surface area contributed by atoms with Gasteiger partial charge in [0.25, 0.3) is 0 Å². The summed E-state index contributed by atoms with van der Waals surface area (Å²) in [6.45, 7) is 4.77. The summed E-state index contributed by atoms with van der Waals surface area (Å²) in [5.41, 5.74) is -0.713. The summed E-state index contributed by atoms with van der Waals surface area (Å²) in [5, 5.41) is 18.6. The van der Waals surface area contributed by atoms with E-state index >= 15 is 0 Å². The third-order valence-corrected chi connectivity index (χ3v) is 4.34. The monoisotopic (exact) mass is 464 g/mol. The number of guanidine groups is 1. The van der Waals surface area contributed by atoms with E-state index in [1.807, 2.05) is 24.4 Å². The molecule has 1 atom stereocenters. The molecule has 0 saturated heterocycles. The number of halogens is 2. The second-order valence-corrected chi connectivity index (χ2v) is 6.18. The lowest BCUT2D eigenvalue weighted by Crippen LogP contribution is -2.44. The predicted octanol–water partition coefficient (Wildman–Crippen LogP) is 2.86. The van der Waals surface area contributed by atoms with E-state index in [0.717, 1.165) is 4.88 Å². The molecule has 0 aromatic carbocycles. The molecule has 3 N–H and O–H groups in total. The first-order valence-electron chi connectivity index (χ1n) is 7.41. The van der Waals surface area contributed by atoms with E-state index in [0.29, 0.717) is 19.0 Å². The lowest BCUT2D eigenvalue weighted by atomic mass is 10.1. The summed E-state index contributed by atoms with van der Waals surface area (Å²) < 4.78 is 13.6. The topological polar surface area (TPSA) is 69.5 Å². The average Bonchev–Trinajstić information content (AvgIpc) is 3.07. The van der Waals surface area contributed by atoms with E-state index in [1.54, 1.807) is 13.0 Å². The molecule has 1 unspecified atom stereocenters. The average molecular weight is 464 g/mol. The van der Waals surface area contributed by atoms with Crippen molar-refractivity contribution in [3.8, 4) is 0 Å². The summed E-state index contributed by atoms with van der Waals surface area (Å²) in [6.07, 6.45) is 1.54. The summed E-state index contributed by atoms with van der Waals surface area (Å²) in [6, 6.07) is 6.70. The molecule has 2 aromatic heterocycles. The summed E-state index contributed by atoms with van der Waals surface area (Å²) in [5.74, 6) is 0.132. The van der Waals surface area contributed by atoms with Crippen molar-refractivity contribution in [2.75, 3.05) is 13.1 Å². The van der Waals surface area contributed by atoms with Crippen LogP contribution < -0.4 is 10.6 Å². The Kier molecular flexibility index (Phi) is 8.57. The number of aliphatic hydroxyl groups is 1. The standard InChI is InChI=1S/C16H21FN4OS.HI/c1-3-18-15(20-10-13-12(17)6-4-8-19-13)21-11-16(2,22)14-7-5-9-23-14;/h4-9,22H,3,10-11H2,1-2H3,(H2,18,20,21);1H. The lowest BCUT2D eigenvalue weighted by molar-refractivity contribution is 0.0655. The van der Waals surface area contributed by atoms with Gasteiger partial charge in [-0.2, -0.15) is 0 Å². The Labute approximate surface area is 162 Å². The van der Waals surface area contributed by atoms with Crippen LogP contribution in [-0.2, 0) is 12.1 Å². The van der Waals surface area contributed by atoms with Crippen LogP contribution in [0.25, 0.3) is 0 Å². The number of thiophene rings is 1. The van der Waals surface area contributed by atoms with Crippen molar-refractivity contribution in [3.63, 3.8) is 0 Å². The van der Waals surface area contributed by atoms with E-state index < -0.39 is 5.60 Å². The maximum Gasteiger partial charge on any atom is 0.191 e. The second-order valence-electron chi connectivity index (χ2n) is 5.23. The number of hydrogen-bond donors (Lipinski definition) is 3. The Hall–Kier alpha value is -1.26. The van der Waals surface area contributed by atoms with Crippen molar-refractivity contribution in [3.05, 3.63) is 52.2 Å². The van der Waals surface area contributed by atoms with Crippen LogP contribution in [0.3, 0.4) is 0 Å². The molecule has 132 valence electrons. The van der Waals surface area contributed by atoms with Crippen molar-refractivity contribution >= 4 is 41.3 Å². The van der Waals surface area contributed by atoms with E-state index in [9.17, 15) is 9.50 Å². The van der Waals surface area contributed by atoms with Crippen LogP contribution >= 0.6 is 35.3 Å². The van der Waals surface area contributed by atoms with Gasteiger partial charge in [-0.3, -0.25) is 4.98 Å². The van der Waals surface area contributed by atoms with Crippen molar-refractivity contribution in [1.82, 2.24) is 15.6 Å². The van der Waals surface area contributed by atoms with Crippen LogP contribution in [0, 0.1) is 5.82 Å². The van der Waals surface area contributed by atoms with Gasteiger partial charge in [-0.25, -0.2) is 9.38 Å². The number of hydrogen-bond acceptors (Lipinski definition) is 4. The molecule has 0 fully saturated rings. The fourth-order valence-corrected chi connectivity index (χ4v) is 2.75. The lowest BCUT2D eigenvalue weighted by Gasteiger charge is -2.23. The number of aromatic nitrogens is 1. The first-order valence-corrected chi connectivity index (χ1v) is 8.29. The Balaban J connectivity index is 0.00000288. The number of nitrogens with zero attached hydrogens (tertiary/aromatic N) is 2. The fraction of sp³-hybridized carbons (Fsp3) is 0.375. The minimum absolute atomic E-state index is 0. The van der Waals surface area contributed by atoms with E-state index in [4.69, 9.17) is 0 Å². The number of nitrogens with one attached hydrogen (secondary N) is 2. The van der Waals surface area contributed by atoms with Gasteiger partial charge in [0.1, 0.15) is 11.4 Å². The van der Waals surface area contributed by atoms with Gasteiger partial charge in [0.2, 0.25) is 0 Å². The molecule has 0 aliphatic carbocycles. The van der Waals surface area contributed by atoms with Crippen molar-refractivity contribution < 1.29 is 9.50 Å². The molecule has 0 saturated carbocycles. The Bertz CT molecular complexity index is 649. The van der Waals surface area contributed by atoms with Crippen LogP contribution in [0.1, 0.15) is 24.4 Å². The molecular formula is C16H22FIN4OS. The van der Waals surface area contributed by atoms with Gasteiger partial charge in [-0.05, 0) is 37.4 Å². The van der Waals surface area contributed by atoms with Gasteiger partial charge >= 0.3 is 0 Å². The molecule has 2 aromatic rings. The van der Waals surface area contributed by atoms with Gasteiger partial charge in [0, 0.05) is 17.6 Å². The number of aliphatic imine (C=N–C) groups is 1. The van der Waals surface area contributed by atoms with Gasteiger partial charge in [-0.15, -0.1) is 35.3 Å². The number of pyridine rings is 1. The quantitative estimate of drug-likeness (QED) is 0.350. The highest BCUT2D eigenvalue weighted by Crippen LogP contribution is 2.24. The van der Waals surface area contributed by atoms with Gasteiger partial charge < -0.3 is 15.7 Å². The molecular weight excluding hydrogens is 442 g/mol. The van der Waals surface area contributed by atoms with Gasteiger partial charge in [0.05, 0.1) is 18.8 Å². The minimum Gasteiger partial charge on any atom is -0.383 e. The largest absolute Gasteiger partial charge is 0.383 e. The van der Waals surface area contributed by atoms with Gasteiger partial charge in [0.15, 0.2) is 5.96 Å². The SMILES string of the molecule is CCNC(=NCc1ncccc1F)NCC(C)(O)c1cccs1.I. The predicted molar refractivity (Wildman–Crippen MR) is 106 cm³/mol. The molecule has 0 bridgehead atoms. The summed E-state index contributed by atoms with van der Waals surface area (Å²) >= 11 is 1.50. The molecule has 0 aliphatic heterocycles. The first-order chi connectivity index (χ1) is 11.0. The molecule has 5 nitrogen and oxygen atoms in total. The highest BCUT2D eigenvalue weighted by atomic mass is 127. The van der Waals surface area contributed by atoms with Crippen molar-refractivity contribution in [2.45, 2.75) is 26.0 Å². The third-order valence-electron chi connectivity index (χ3n) is 3.22. The van der Waals surface area contributed by atoms with Crippen LogP contribution in [0.15, 0.2) is 40.8 Å². The normalized spacial score (nSPS) is 13.8. The molecule has 2 heterocycles. The second kappa shape index (κ2) is 9.90. The highest BCUT2D eigenvalue weighted by molar-refractivity contribution is 14.0. The molecule has 0 aliphatic rings. The van der Waals surface area contributed by atoms with Crippen LogP contribution in [0.2, 0.25) is 0 Å². The van der Waals surface area contributed by atoms with E-state index in [1.165, 1.54) is 23.6 Å². The maximum absolute atomic E-state index is 13.6. The zero-order valence-corrected chi connectivity index (χ0v) is 16.8. The molecule has 0 amide bonds. The maximum atomic E-state index is 13.6. The van der Waals surface area contributed by atoms with Crippen LogP contribution in [0.5, 0.6) is 0 Å². The molecule has 0 radical (unpaired) electrons. The van der Waals surface area contributed by atoms with E-state index in [2.05, 4.69) is 20.6 Å². The minimum atomic E-state index is -0.999. The molecule has 2 rings (SSSR count). The molecule has 8 heteroatoms. The number of rotatable bonds is 6. The summed E-state index contributed by atoms with van der Waals surface area (Å²) in [7, 11) is 0. The van der Waals surface area contributed by atoms with E-state index in [-0.39, 0.29) is 42.0 Å². The zero-order chi connectivity index (χ0) is 16.7. The fourth-order valence-electron chi connectivity index (χ4n) is 1.96. The molecule has 24 heavy (non-hydrogen) atoms. The van der Waals surface area contributed by atoms with Crippen LogP contribution in [0.4, 0.5) is 4.39 Å². The smallest absolute Gasteiger partial charge is 0.191 e. The Morgan fingerprint density at radius 1 is 1.38 bits per heavy atom. The van der Waals surface area contributed by atoms with Crippen LogP contribution in [-0.4, -0.2) is 29.1 Å². The van der Waals surface area contributed by atoms with Crippen molar-refractivity contribution in [2.24, 2.45) is 4.99 Å². The highest BCUT2D eigenvalue weighted by Gasteiger charge is 2.24. The first kappa shape index (κ1) is 20.8. The molecule has 0 spiro atoms. The zero-order valence-electron chi connectivity index (χ0n) is 13.6.